The van der Waals surface area contributed by atoms with Crippen molar-refractivity contribution in [1.82, 2.24) is 39.9 Å². The van der Waals surface area contributed by atoms with Crippen molar-refractivity contribution in [3.63, 3.8) is 0 Å². The normalized spacial score (nSPS) is 12.8. The molecule has 0 aliphatic rings. The van der Waals surface area contributed by atoms with Gasteiger partial charge in [-0.05, 0) is 214 Å². The van der Waals surface area contributed by atoms with Gasteiger partial charge in [-0.15, -0.1) is 0 Å². The van der Waals surface area contributed by atoms with Crippen LogP contribution in [0.1, 0.15) is 242 Å². The Morgan fingerprint density at radius 1 is 0.207 bits per heavy atom. The van der Waals surface area contributed by atoms with Crippen LogP contribution in [0.15, 0.2) is 146 Å². The van der Waals surface area contributed by atoms with E-state index in [1.807, 2.05) is 36.4 Å². The maximum absolute atomic E-state index is 10.7. The van der Waals surface area contributed by atoms with E-state index in [2.05, 4.69) is 335 Å². The van der Waals surface area contributed by atoms with Crippen LogP contribution in [0.2, 0.25) is 0 Å². The number of rotatable bonds is 0. The van der Waals surface area contributed by atoms with E-state index in [1.54, 1.807) is 27.7 Å². The van der Waals surface area contributed by atoms with Crippen molar-refractivity contribution in [3.8, 4) is 71.0 Å². The lowest BCUT2D eigenvalue weighted by atomic mass is 9.85. The Morgan fingerprint density at radius 3 is 0.543 bits per heavy atom. The molecule has 0 amide bonds. The number of aliphatic hydroxyl groups is 2. The highest BCUT2D eigenvalue weighted by atomic mass is 16.3. The van der Waals surface area contributed by atoms with Crippen molar-refractivity contribution < 1.29 is 10.2 Å². The minimum absolute atomic E-state index is 0.125. The molecule has 10 nitrogen and oxygen atoms in total. The highest BCUT2D eigenvalue weighted by Gasteiger charge is 2.28. The first-order valence-corrected chi connectivity index (χ1v) is 40.2. The van der Waals surface area contributed by atoms with Crippen molar-refractivity contribution in [2.24, 2.45) is 0 Å². The summed E-state index contributed by atoms with van der Waals surface area (Å²) in [5.74, 6) is 41.2. The monoisotopic (exact) mass is 1510 g/mol. The van der Waals surface area contributed by atoms with E-state index in [0.29, 0.717) is 22.8 Å². The molecule has 8 aromatic heterocycles. The minimum atomic E-state index is -1.15. The molecular weight excluding hydrogens is 1420 g/mol. The summed E-state index contributed by atoms with van der Waals surface area (Å²) >= 11 is 0. The molecule has 0 saturated carbocycles. The molecule has 0 fully saturated rings. The number of benzene rings is 9. The Morgan fingerprint density at radius 2 is 0.379 bits per heavy atom. The fourth-order valence-electron chi connectivity index (χ4n) is 15.9. The number of aromatic amines is 6. The van der Waals surface area contributed by atoms with E-state index in [9.17, 15) is 10.2 Å². The maximum atomic E-state index is 10.7. The molecule has 116 heavy (non-hydrogen) atoms. The van der Waals surface area contributed by atoms with Gasteiger partial charge in [0.05, 0.1) is 66.2 Å². The summed E-state index contributed by atoms with van der Waals surface area (Å²) in [5, 5.41) is 34.6. The summed E-state index contributed by atoms with van der Waals surface area (Å²) in [6.07, 6.45) is 0. The van der Waals surface area contributed by atoms with Crippen LogP contribution in [-0.2, 0) is 32.5 Å². The molecule has 17 aromatic rings. The number of fused-ring (bicyclic) bond motifs is 21. The predicted molar refractivity (Wildman–Crippen MR) is 486 cm³/mol. The Balaban J connectivity index is 0.720. The van der Waals surface area contributed by atoms with Crippen LogP contribution >= 0.6 is 0 Å². The fourth-order valence-corrected chi connectivity index (χ4v) is 15.9. The second-order valence-corrected chi connectivity index (χ2v) is 39.1. The van der Waals surface area contributed by atoms with E-state index in [1.165, 1.54) is 33.4 Å². The molecule has 0 atom stereocenters. The lowest BCUT2D eigenvalue weighted by molar-refractivity contribution is 0.143. The second-order valence-electron chi connectivity index (χ2n) is 39.1. The number of hydrogen-bond acceptors (Lipinski definition) is 4. The number of pyridine rings is 2. The zero-order valence-corrected chi connectivity index (χ0v) is 70.6. The molecule has 0 bridgehead atoms. The van der Waals surface area contributed by atoms with E-state index in [0.717, 1.165) is 164 Å². The molecule has 0 aliphatic heterocycles. The molecule has 0 spiro atoms. The lowest BCUT2D eigenvalue weighted by Gasteiger charge is -2.20. The molecule has 0 aliphatic carbocycles. The number of hydrogen-bond donors (Lipinski definition) is 8. The Bertz CT molecular complexity index is 7110. The number of aromatic nitrogens is 8. The molecule has 8 N–H and O–H groups in total. The van der Waals surface area contributed by atoms with Crippen LogP contribution in [0.3, 0.4) is 0 Å². The van der Waals surface area contributed by atoms with E-state index in [4.69, 9.17) is 9.97 Å². The van der Waals surface area contributed by atoms with E-state index in [-0.39, 0.29) is 32.5 Å². The SMILES string of the molecule is CC(C)(O)C#Cc1cc(C(C)(C)C)cc2c1[nH]c1c2ccc2c3cc(C(C)(C)C)cc(C#Cc4cccc(C#Cc5cc(C(C)(C)C)cc6c5[nH]c5c6ccc6c7cc(C(C)(C)C)cc(C#Cc8cccc(C#Cc9cc(C(C)(C)C)cc%10c9[nH]c9c%10ccc%10c%11cc(C(C)(C)C)cc(C#CC(C)(C)O)c%11[nH]c%109)n8)c7[nH]c65)n4)c3[nH]c21. The van der Waals surface area contributed by atoms with Gasteiger partial charge in [-0.2, -0.15) is 0 Å². The first kappa shape index (κ1) is 76.0. The topological polar surface area (TPSA) is 161 Å². The van der Waals surface area contributed by atoms with Crippen LogP contribution in [0.5, 0.6) is 0 Å². The van der Waals surface area contributed by atoms with Crippen LogP contribution in [0, 0.1) is 71.0 Å². The van der Waals surface area contributed by atoms with Gasteiger partial charge in [0.1, 0.15) is 34.0 Å². The van der Waals surface area contributed by atoms with E-state index < -0.39 is 11.2 Å². The van der Waals surface area contributed by atoms with Crippen LogP contribution in [-0.4, -0.2) is 61.3 Å². The highest BCUT2D eigenvalue weighted by Crippen LogP contribution is 2.45. The maximum Gasteiger partial charge on any atom is 0.120 e. The van der Waals surface area contributed by atoms with Gasteiger partial charge in [0.25, 0.3) is 0 Å². The summed E-state index contributed by atoms with van der Waals surface area (Å²) in [4.78, 5) is 33.4. The van der Waals surface area contributed by atoms with Crippen molar-refractivity contribution in [1.29, 1.82) is 0 Å². The number of nitrogens with one attached hydrogen (secondary N) is 6. The predicted octanol–water partition coefficient (Wildman–Crippen LogP) is 23.9. The van der Waals surface area contributed by atoms with Gasteiger partial charge in [0, 0.05) is 98.0 Å². The fraction of sp³-hybridized carbons (Fsp3) is 0.283. The quantitative estimate of drug-likeness (QED) is 0.0710. The molecule has 0 saturated heterocycles. The highest BCUT2D eigenvalue weighted by molar-refractivity contribution is 6.26. The first-order valence-electron chi connectivity index (χ1n) is 40.2. The first-order chi connectivity index (χ1) is 54.4. The van der Waals surface area contributed by atoms with Gasteiger partial charge in [0.15, 0.2) is 0 Å². The Hall–Kier alpha value is -12.6. The largest absolute Gasteiger partial charge is 0.378 e. The Labute approximate surface area is 678 Å². The van der Waals surface area contributed by atoms with Gasteiger partial charge < -0.3 is 40.1 Å². The van der Waals surface area contributed by atoms with Crippen LogP contribution < -0.4 is 0 Å². The molecule has 8 heterocycles. The third-order valence-electron chi connectivity index (χ3n) is 22.7. The van der Waals surface area contributed by atoms with E-state index >= 15 is 0 Å². The molecule has 0 radical (unpaired) electrons. The van der Waals surface area contributed by atoms with Crippen molar-refractivity contribution in [2.75, 3.05) is 0 Å². The zero-order valence-electron chi connectivity index (χ0n) is 70.6. The van der Waals surface area contributed by atoms with Gasteiger partial charge in [-0.3, -0.25) is 0 Å². The Kier molecular flexibility index (Phi) is 17.3. The standard InChI is InChI=1S/C106H98N8O2/c1-99(2,3)65-47-59(29-33-71-25-23-27-73(107-71)35-31-61-49-67(101(7,8)9)55-83-77-39-41-79-85-57-69(103(13,14)15)51-63(43-45-105(19,20)115)91(85)113-97(79)95(77)111-89(61)83)87-81(53-65)75-37-38-76-82-54-66(100(4,5)6)48-60(88(82)110-94(76)93(75)109-87)30-34-72-26-24-28-74(108-72)36-32-62-50-68(102(10,11)12)56-84-78-40-42-80-86-58-70(104(16,17)18)52-64(44-46-106(21,22)116)92(86)114-98(80)96(78)112-90(62)84/h23-28,37-42,47-58,109-116H,1-22H3. The second kappa shape index (κ2) is 26.5. The zero-order chi connectivity index (χ0) is 82.2. The van der Waals surface area contributed by atoms with Crippen molar-refractivity contribution in [2.45, 2.75) is 196 Å². The van der Waals surface area contributed by atoms with Gasteiger partial charge >= 0.3 is 0 Å². The van der Waals surface area contributed by atoms with Gasteiger partial charge in [0.2, 0.25) is 0 Å². The van der Waals surface area contributed by atoms with Crippen molar-refractivity contribution >= 4 is 131 Å². The third-order valence-corrected chi connectivity index (χ3v) is 22.7. The number of nitrogens with zero attached hydrogens (tertiary/aromatic N) is 2. The third kappa shape index (κ3) is 14.0. The average molecular weight is 1520 g/mol. The minimum Gasteiger partial charge on any atom is -0.378 e. The molecule has 10 heteroatoms. The van der Waals surface area contributed by atoms with Crippen LogP contribution in [0.4, 0.5) is 0 Å². The molecular formula is C106H98N8O2. The summed E-state index contributed by atoms with van der Waals surface area (Å²) in [6, 6.07) is 52.2. The number of H-pyrrole nitrogens is 6. The molecule has 0 unspecified atom stereocenters. The smallest absolute Gasteiger partial charge is 0.120 e. The lowest BCUT2D eigenvalue weighted by Crippen LogP contribution is -2.14. The van der Waals surface area contributed by atoms with Gasteiger partial charge in [-0.25, -0.2) is 9.97 Å². The van der Waals surface area contributed by atoms with Crippen LogP contribution in [0.25, 0.3) is 131 Å². The summed E-state index contributed by atoms with van der Waals surface area (Å²) in [5.41, 5.74) is 23.2. The molecule has 17 rings (SSSR count). The molecule has 9 aromatic carbocycles. The summed E-state index contributed by atoms with van der Waals surface area (Å²) in [6.45, 7) is 47.1. The van der Waals surface area contributed by atoms with Gasteiger partial charge in [-0.1, -0.05) is 221 Å². The summed E-state index contributed by atoms with van der Waals surface area (Å²) < 4.78 is 0. The summed E-state index contributed by atoms with van der Waals surface area (Å²) in [7, 11) is 0. The average Bonchev–Trinajstić information content (AvgIpc) is 1.58. The van der Waals surface area contributed by atoms with Crippen molar-refractivity contribution in [3.05, 3.63) is 235 Å². The molecule has 574 valence electrons.